The van der Waals surface area contributed by atoms with Crippen LogP contribution in [0.5, 0.6) is 0 Å². The van der Waals surface area contributed by atoms with E-state index in [4.69, 9.17) is 4.74 Å². The van der Waals surface area contributed by atoms with Crippen LogP contribution in [0.1, 0.15) is 23.3 Å². The second kappa shape index (κ2) is 5.71. The Morgan fingerprint density at radius 1 is 1.22 bits per heavy atom. The molecule has 2 rings (SSSR count). The highest BCUT2D eigenvalue weighted by atomic mass is 19.1. The van der Waals surface area contributed by atoms with E-state index in [0.717, 1.165) is 11.8 Å². The van der Waals surface area contributed by atoms with Gasteiger partial charge in [0.1, 0.15) is 18.0 Å². The minimum Gasteiger partial charge on any atom is -0.385 e. The van der Waals surface area contributed by atoms with Crippen LogP contribution < -0.4 is 0 Å². The lowest BCUT2D eigenvalue weighted by molar-refractivity contribution is -0.0166. The first-order valence-electron chi connectivity index (χ1n) is 5.59. The monoisotopic (exact) mass is 247 g/mol. The van der Waals surface area contributed by atoms with Crippen LogP contribution in [0.25, 0.3) is 0 Å². The van der Waals surface area contributed by atoms with Gasteiger partial charge in [0.25, 0.3) is 0 Å². The number of benzene rings is 1. The van der Waals surface area contributed by atoms with Gasteiger partial charge in [0.15, 0.2) is 0 Å². The molecule has 1 aromatic carbocycles. The van der Waals surface area contributed by atoms with Crippen molar-refractivity contribution in [3.8, 4) is 0 Å². The summed E-state index contributed by atoms with van der Waals surface area (Å²) in [5.41, 5.74) is 0.976. The van der Waals surface area contributed by atoms with Crippen LogP contribution in [0.15, 0.2) is 48.8 Å². The predicted molar refractivity (Wildman–Crippen MR) is 65.3 cm³/mol. The second-order valence-corrected chi connectivity index (χ2v) is 3.91. The number of aromatic nitrogens is 1. The molecule has 0 aliphatic carbocycles. The van der Waals surface area contributed by atoms with Gasteiger partial charge in [-0.05, 0) is 11.6 Å². The van der Waals surface area contributed by atoms with Crippen molar-refractivity contribution in [2.24, 2.45) is 0 Å². The van der Waals surface area contributed by atoms with Crippen LogP contribution in [-0.4, -0.2) is 17.2 Å². The lowest BCUT2D eigenvalue weighted by Crippen LogP contribution is -2.14. The fraction of sp³-hybridized carbons (Fsp3) is 0.214. The Morgan fingerprint density at radius 3 is 2.56 bits per heavy atom. The lowest BCUT2D eigenvalue weighted by Gasteiger charge is -2.22. The SMILES string of the molecule is COC(c1ccccc1)C(O)c1ccncc1F. The van der Waals surface area contributed by atoms with Gasteiger partial charge in [0.2, 0.25) is 0 Å². The molecule has 1 aromatic heterocycles. The van der Waals surface area contributed by atoms with Crippen LogP contribution >= 0.6 is 0 Å². The van der Waals surface area contributed by atoms with E-state index in [2.05, 4.69) is 4.98 Å². The molecule has 0 amide bonds. The predicted octanol–water partition coefficient (Wildman–Crippen LogP) is 2.64. The number of hydrogen-bond donors (Lipinski definition) is 1. The zero-order chi connectivity index (χ0) is 13.0. The summed E-state index contributed by atoms with van der Waals surface area (Å²) in [6.45, 7) is 0. The van der Waals surface area contributed by atoms with Crippen molar-refractivity contribution >= 4 is 0 Å². The standard InChI is InChI=1S/C14H14FNO2/c1-18-14(10-5-3-2-4-6-10)13(17)11-7-8-16-9-12(11)15/h2-9,13-14,17H,1H3. The van der Waals surface area contributed by atoms with E-state index in [1.165, 1.54) is 19.4 Å². The number of aliphatic hydroxyl groups is 1. The molecule has 0 aliphatic heterocycles. The molecular formula is C14H14FNO2. The number of methoxy groups -OCH3 is 1. The summed E-state index contributed by atoms with van der Waals surface area (Å²) in [5, 5.41) is 10.2. The smallest absolute Gasteiger partial charge is 0.147 e. The van der Waals surface area contributed by atoms with Gasteiger partial charge in [-0.2, -0.15) is 0 Å². The maximum Gasteiger partial charge on any atom is 0.147 e. The van der Waals surface area contributed by atoms with Gasteiger partial charge < -0.3 is 9.84 Å². The minimum absolute atomic E-state index is 0.181. The average molecular weight is 247 g/mol. The van der Waals surface area contributed by atoms with Gasteiger partial charge in [-0.25, -0.2) is 4.39 Å². The number of halogens is 1. The molecular weight excluding hydrogens is 233 g/mol. The van der Waals surface area contributed by atoms with Crippen LogP contribution in [0.4, 0.5) is 4.39 Å². The molecule has 0 aliphatic rings. The van der Waals surface area contributed by atoms with Gasteiger partial charge in [-0.3, -0.25) is 4.98 Å². The largest absolute Gasteiger partial charge is 0.385 e. The van der Waals surface area contributed by atoms with E-state index < -0.39 is 18.0 Å². The van der Waals surface area contributed by atoms with Crippen molar-refractivity contribution in [2.45, 2.75) is 12.2 Å². The highest BCUT2D eigenvalue weighted by Crippen LogP contribution is 2.32. The molecule has 0 saturated carbocycles. The number of rotatable bonds is 4. The quantitative estimate of drug-likeness (QED) is 0.903. The Hall–Kier alpha value is -1.78. The molecule has 2 aromatic rings. The van der Waals surface area contributed by atoms with Gasteiger partial charge in [-0.15, -0.1) is 0 Å². The molecule has 4 heteroatoms. The van der Waals surface area contributed by atoms with Gasteiger partial charge in [0.05, 0.1) is 6.20 Å². The van der Waals surface area contributed by atoms with E-state index in [9.17, 15) is 9.50 Å². The Morgan fingerprint density at radius 2 is 1.94 bits per heavy atom. The fourth-order valence-corrected chi connectivity index (χ4v) is 1.88. The number of nitrogens with zero attached hydrogens (tertiary/aromatic N) is 1. The first-order chi connectivity index (χ1) is 8.74. The van der Waals surface area contributed by atoms with Gasteiger partial charge in [-0.1, -0.05) is 30.3 Å². The molecule has 0 fully saturated rings. The van der Waals surface area contributed by atoms with E-state index in [-0.39, 0.29) is 5.56 Å². The van der Waals surface area contributed by atoms with Crippen LogP contribution in [0, 0.1) is 5.82 Å². The first kappa shape index (κ1) is 12.7. The highest BCUT2D eigenvalue weighted by Gasteiger charge is 2.24. The van der Waals surface area contributed by atoms with Crippen LogP contribution in [0.3, 0.4) is 0 Å². The van der Waals surface area contributed by atoms with Crippen molar-refractivity contribution in [1.82, 2.24) is 4.98 Å². The minimum atomic E-state index is -1.07. The molecule has 1 N–H and O–H groups in total. The topological polar surface area (TPSA) is 42.4 Å². The molecule has 18 heavy (non-hydrogen) atoms. The van der Waals surface area contributed by atoms with Crippen molar-refractivity contribution < 1.29 is 14.2 Å². The molecule has 3 nitrogen and oxygen atoms in total. The molecule has 0 spiro atoms. The molecule has 1 heterocycles. The average Bonchev–Trinajstić information content (AvgIpc) is 2.41. The normalized spacial score (nSPS) is 14.2. The summed E-state index contributed by atoms with van der Waals surface area (Å²) in [6, 6.07) is 10.7. The summed E-state index contributed by atoms with van der Waals surface area (Å²) in [7, 11) is 1.49. The van der Waals surface area contributed by atoms with Gasteiger partial charge in [0, 0.05) is 18.9 Å². The Balaban J connectivity index is 2.32. The van der Waals surface area contributed by atoms with Crippen molar-refractivity contribution in [3.05, 3.63) is 65.7 Å². The van der Waals surface area contributed by atoms with Crippen molar-refractivity contribution in [1.29, 1.82) is 0 Å². The van der Waals surface area contributed by atoms with Gasteiger partial charge >= 0.3 is 0 Å². The number of pyridine rings is 1. The number of hydrogen-bond acceptors (Lipinski definition) is 3. The summed E-state index contributed by atoms with van der Waals surface area (Å²) in [4.78, 5) is 3.66. The Bertz CT molecular complexity index is 504. The Kier molecular flexibility index (Phi) is 4.02. The zero-order valence-electron chi connectivity index (χ0n) is 9.95. The Labute approximate surface area is 105 Å². The third kappa shape index (κ3) is 2.55. The molecule has 0 bridgehead atoms. The fourth-order valence-electron chi connectivity index (χ4n) is 1.88. The molecule has 0 radical (unpaired) electrons. The molecule has 94 valence electrons. The molecule has 2 unspecified atom stereocenters. The number of aliphatic hydroxyl groups excluding tert-OH is 1. The summed E-state index contributed by atoms with van der Waals surface area (Å²) >= 11 is 0. The van der Waals surface area contributed by atoms with E-state index in [1.54, 1.807) is 0 Å². The van der Waals surface area contributed by atoms with Crippen LogP contribution in [-0.2, 0) is 4.74 Å². The maximum atomic E-state index is 13.6. The zero-order valence-corrected chi connectivity index (χ0v) is 9.95. The van der Waals surface area contributed by atoms with Crippen molar-refractivity contribution in [2.75, 3.05) is 7.11 Å². The second-order valence-electron chi connectivity index (χ2n) is 3.91. The third-order valence-corrected chi connectivity index (χ3v) is 2.79. The van der Waals surface area contributed by atoms with E-state index in [0.29, 0.717) is 0 Å². The van der Waals surface area contributed by atoms with E-state index in [1.807, 2.05) is 30.3 Å². The summed E-state index contributed by atoms with van der Waals surface area (Å²) < 4.78 is 18.8. The summed E-state index contributed by atoms with van der Waals surface area (Å²) in [5.74, 6) is -0.539. The highest BCUT2D eigenvalue weighted by molar-refractivity contribution is 5.24. The third-order valence-electron chi connectivity index (χ3n) is 2.79. The van der Waals surface area contributed by atoms with E-state index >= 15 is 0 Å². The first-order valence-corrected chi connectivity index (χ1v) is 5.59. The lowest BCUT2D eigenvalue weighted by atomic mass is 9.98. The summed E-state index contributed by atoms with van der Waals surface area (Å²) in [6.07, 6.45) is 0.846. The maximum absolute atomic E-state index is 13.6. The number of ether oxygens (including phenoxy) is 1. The van der Waals surface area contributed by atoms with Crippen molar-refractivity contribution in [3.63, 3.8) is 0 Å². The van der Waals surface area contributed by atoms with Crippen LogP contribution in [0.2, 0.25) is 0 Å². The molecule has 0 saturated heterocycles. The molecule has 2 atom stereocenters.